The van der Waals surface area contributed by atoms with E-state index in [0.717, 1.165) is 0 Å². The van der Waals surface area contributed by atoms with Gasteiger partial charge in [0.15, 0.2) is 6.61 Å². The van der Waals surface area contributed by atoms with Crippen molar-refractivity contribution in [3.05, 3.63) is 42.7 Å². The number of para-hydroxylation sites is 1. The Morgan fingerprint density at radius 2 is 1.89 bits per heavy atom. The van der Waals surface area contributed by atoms with Crippen LogP contribution in [0.1, 0.15) is 0 Å². The first-order valence-electron chi connectivity index (χ1n) is 5.61. The Hall–Kier alpha value is -2.63. The van der Waals surface area contributed by atoms with Crippen LogP contribution in [0.4, 0.5) is 5.69 Å². The Morgan fingerprint density at radius 3 is 2.53 bits per heavy atom. The van der Waals surface area contributed by atoms with Crippen LogP contribution in [0.15, 0.2) is 42.7 Å². The van der Waals surface area contributed by atoms with Crippen LogP contribution in [-0.2, 0) is 4.79 Å². The van der Waals surface area contributed by atoms with Crippen molar-refractivity contribution in [3.63, 3.8) is 0 Å². The van der Waals surface area contributed by atoms with E-state index < -0.39 is 0 Å². The van der Waals surface area contributed by atoms with Gasteiger partial charge in [-0.05, 0) is 12.1 Å². The summed E-state index contributed by atoms with van der Waals surface area (Å²) in [6.45, 7) is -0.0734. The molecule has 0 aliphatic carbocycles. The van der Waals surface area contributed by atoms with Crippen LogP contribution in [0.25, 0.3) is 0 Å². The fourth-order valence-corrected chi connectivity index (χ4v) is 1.35. The van der Waals surface area contributed by atoms with E-state index in [1.807, 2.05) is 18.2 Å². The fourth-order valence-electron chi connectivity index (χ4n) is 1.35. The monoisotopic (exact) mass is 259 g/mol. The van der Waals surface area contributed by atoms with Crippen molar-refractivity contribution in [2.45, 2.75) is 0 Å². The Bertz CT molecular complexity index is 529. The third kappa shape index (κ3) is 3.95. The zero-order valence-corrected chi connectivity index (χ0v) is 10.4. The van der Waals surface area contributed by atoms with Crippen molar-refractivity contribution in [2.24, 2.45) is 0 Å². The maximum Gasteiger partial charge on any atom is 0.316 e. The first-order chi connectivity index (χ1) is 9.28. The molecular weight excluding hydrogens is 246 g/mol. The second kappa shape index (κ2) is 6.34. The van der Waals surface area contributed by atoms with Crippen LogP contribution in [-0.4, -0.2) is 29.6 Å². The minimum absolute atomic E-state index is 0.0734. The first kappa shape index (κ1) is 12.8. The highest BCUT2D eigenvalue weighted by atomic mass is 16.5. The van der Waals surface area contributed by atoms with E-state index in [2.05, 4.69) is 15.3 Å². The summed E-state index contributed by atoms with van der Waals surface area (Å²) < 4.78 is 10.1. The SMILES string of the molecule is COc1ncc(NC(=O)COc2ccccc2)cn1. The van der Waals surface area contributed by atoms with Gasteiger partial charge in [-0.3, -0.25) is 4.79 Å². The molecular formula is C13H13N3O3. The third-order valence-electron chi connectivity index (χ3n) is 2.21. The van der Waals surface area contributed by atoms with Crippen molar-refractivity contribution in [3.8, 4) is 11.8 Å². The number of aromatic nitrogens is 2. The van der Waals surface area contributed by atoms with Gasteiger partial charge in [-0.1, -0.05) is 18.2 Å². The van der Waals surface area contributed by atoms with Gasteiger partial charge in [-0.15, -0.1) is 0 Å². The zero-order valence-electron chi connectivity index (χ0n) is 10.4. The number of hydrogen-bond acceptors (Lipinski definition) is 5. The summed E-state index contributed by atoms with van der Waals surface area (Å²) in [5, 5.41) is 2.62. The van der Waals surface area contributed by atoms with Crippen molar-refractivity contribution >= 4 is 11.6 Å². The Morgan fingerprint density at radius 1 is 1.21 bits per heavy atom. The number of carbonyl (C=O) groups excluding carboxylic acids is 1. The fraction of sp³-hybridized carbons (Fsp3) is 0.154. The van der Waals surface area contributed by atoms with Gasteiger partial charge < -0.3 is 14.8 Å². The molecule has 0 fully saturated rings. The normalized spacial score (nSPS) is 9.74. The number of benzene rings is 1. The largest absolute Gasteiger partial charge is 0.484 e. The Kier molecular flexibility index (Phi) is 4.28. The molecule has 0 saturated carbocycles. The molecule has 1 amide bonds. The van der Waals surface area contributed by atoms with E-state index in [1.54, 1.807) is 12.1 Å². The van der Waals surface area contributed by atoms with Crippen LogP contribution >= 0.6 is 0 Å². The first-order valence-corrected chi connectivity index (χ1v) is 5.61. The number of hydrogen-bond donors (Lipinski definition) is 1. The summed E-state index contributed by atoms with van der Waals surface area (Å²) in [5.41, 5.74) is 0.488. The number of ether oxygens (including phenoxy) is 2. The summed E-state index contributed by atoms with van der Waals surface area (Å²) in [6, 6.07) is 9.36. The molecule has 0 unspecified atom stereocenters. The number of anilines is 1. The van der Waals surface area contributed by atoms with Gasteiger partial charge in [0.25, 0.3) is 5.91 Å². The average Bonchev–Trinajstić information content (AvgIpc) is 2.47. The third-order valence-corrected chi connectivity index (χ3v) is 2.21. The number of carbonyl (C=O) groups is 1. The molecule has 98 valence electrons. The van der Waals surface area contributed by atoms with Gasteiger partial charge in [-0.25, -0.2) is 9.97 Å². The molecule has 1 aromatic heterocycles. The van der Waals surface area contributed by atoms with E-state index in [9.17, 15) is 4.79 Å². The summed E-state index contributed by atoms with van der Waals surface area (Å²) >= 11 is 0. The molecule has 1 N–H and O–H groups in total. The van der Waals surface area contributed by atoms with Crippen molar-refractivity contribution in [2.75, 3.05) is 19.0 Å². The van der Waals surface area contributed by atoms with E-state index in [-0.39, 0.29) is 18.5 Å². The van der Waals surface area contributed by atoms with Crippen molar-refractivity contribution < 1.29 is 14.3 Å². The Labute approximate surface area is 110 Å². The van der Waals surface area contributed by atoms with Gasteiger partial charge in [0, 0.05) is 0 Å². The van der Waals surface area contributed by atoms with Crippen molar-refractivity contribution in [1.82, 2.24) is 9.97 Å². The van der Waals surface area contributed by atoms with Crippen LogP contribution in [0.5, 0.6) is 11.8 Å². The van der Waals surface area contributed by atoms with Gasteiger partial charge in [0.1, 0.15) is 5.75 Å². The quantitative estimate of drug-likeness (QED) is 0.880. The second-order valence-corrected chi connectivity index (χ2v) is 3.61. The van der Waals surface area contributed by atoms with Crippen LogP contribution < -0.4 is 14.8 Å². The summed E-state index contributed by atoms with van der Waals surface area (Å²) in [4.78, 5) is 19.4. The van der Waals surface area contributed by atoms with Crippen LogP contribution in [0.3, 0.4) is 0 Å². The van der Waals surface area contributed by atoms with Gasteiger partial charge in [0.2, 0.25) is 0 Å². The summed E-state index contributed by atoms with van der Waals surface area (Å²) in [6.07, 6.45) is 2.93. The highest BCUT2D eigenvalue weighted by Gasteiger charge is 2.04. The Balaban J connectivity index is 1.83. The maximum absolute atomic E-state index is 11.6. The molecule has 19 heavy (non-hydrogen) atoms. The van der Waals surface area contributed by atoms with E-state index >= 15 is 0 Å². The standard InChI is InChI=1S/C13H13N3O3/c1-18-13-14-7-10(8-15-13)16-12(17)9-19-11-5-3-2-4-6-11/h2-8H,9H2,1H3,(H,16,17). The van der Waals surface area contributed by atoms with Crippen LogP contribution in [0, 0.1) is 0 Å². The van der Waals surface area contributed by atoms with E-state index in [0.29, 0.717) is 11.4 Å². The lowest BCUT2D eigenvalue weighted by Crippen LogP contribution is -2.20. The lowest BCUT2D eigenvalue weighted by molar-refractivity contribution is -0.118. The number of nitrogens with one attached hydrogen (secondary N) is 1. The molecule has 0 aliphatic rings. The number of rotatable bonds is 5. The summed E-state index contributed by atoms with van der Waals surface area (Å²) in [7, 11) is 1.47. The summed E-state index contributed by atoms with van der Waals surface area (Å²) in [5.74, 6) is 0.362. The maximum atomic E-state index is 11.6. The highest BCUT2D eigenvalue weighted by Crippen LogP contribution is 2.09. The molecule has 1 heterocycles. The predicted molar refractivity (Wildman–Crippen MR) is 69.2 cm³/mol. The zero-order chi connectivity index (χ0) is 13.5. The number of methoxy groups -OCH3 is 1. The molecule has 0 saturated heterocycles. The molecule has 0 radical (unpaired) electrons. The minimum Gasteiger partial charge on any atom is -0.484 e. The molecule has 2 rings (SSSR count). The smallest absolute Gasteiger partial charge is 0.316 e. The molecule has 0 aliphatic heterocycles. The topological polar surface area (TPSA) is 73.3 Å². The van der Waals surface area contributed by atoms with Crippen molar-refractivity contribution in [1.29, 1.82) is 0 Å². The molecule has 0 atom stereocenters. The molecule has 6 nitrogen and oxygen atoms in total. The lowest BCUT2D eigenvalue weighted by atomic mass is 10.3. The molecule has 1 aromatic carbocycles. The van der Waals surface area contributed by atoms with Gasteiger partial charge in [-0.2, -0.15) is 0 Å². The highest BCUT2D eigenvalue weighted by molar-refractivity contribution is 5.91. The number of amides is 1. The van der Waals surface area contributed by atoms with Gasteiger partial charge >= 0.3 is 6.01 Å². The van der Waals surface area contributed by atoms with Gasteiger partial charge in [0.05, 0.1) is 25.2 Å². The molecule has 0 spiro atoms. The predicted octanol–water partition coefficient (Wildman–Crippen LogP) is 1.50. The second-order valence-electron chi connectivity index (χ2n) is 3.61. The van der Waals surface area contributed by atoms with E-state index in [1.165, 1.54) is 19.5 Å². The molecule has 2 aromatic rings. The molecule has 0 bridgehead atoms. The number of nitrogens with zero attached hydrogens (tertiary/aromatic N) is 2. The molecule has 6 heteroatoms. The van der Waals surface area contributed by atoms with E-state index in [4.69, 9.17) is 9.47 Å². The lowest BCUT2D eigenvalue weighted by Gasteiger charge is -2.07. The average molecular weight is 259 g/mol. The minimum atomic E-state index is -0.280. The van der Waals surface area contributed by atoms with Crippen LogP contribution in [0.2, 0.25) is 0 Å².